The second-order valence-corrected chi connectivity index (χ2v) is 8.09. The standard InChI is InChI=1S/C23H44O2/c1-5-7-9-11-13-14-15-17-19-21-23(4,25)22(3,24)20-18-16-12-10-8-6-2/h5-6,24-25H,1-2,7-21H2,3-4H3/t22-,23-/m0/s1. The average molecular weight is 353 g/mol. The predicted octanol–water partition coefficient (Wildman–Crippen LogP) is 6.71. The van der Waals surface area contributed by atoms with Crippen LogP contribution in [-0.4, -0.2) is 21.4 Å². The van der Waals surface area contributed by atoms with Crippen LogP contribution in [0.1, 0.15) is 110 Å². The molecule has 2 atom stereocenters. The summed E-state index contributed by atoms with van der Waals surface area (Å²) < 4.78 is 0. The molecule has 0 aromatic carbocycles. The summed E-state index contributed by atoms with van der Waals surface area (Å²) in [5, 5.41) is 21.4. The summed E-state index contributed by atoms with van der Waals surface area (Å²) in [6.45, 7) is 11.1. The Labute approximate surface area is 157 Å². The number of aliphatic hydroxyl groups is 2. The van der Waals surface area contributed by atoms with Crippen molar-refractivity contribution in [1.29, 1.82) is 0 Å². The smallest absolute Gasteiger partial charge is 0.0902 e. The Morgan fingerprint density at radius 3 is 1.16 bits per heavy atom. The minimum absolute atomic E-state index is 0.678. The number of allylic oxidation sites excluding steroid dienone is 2. The first-order valence-corrected chi connectivity index (χ1v) is 10.5. The van der Waals surface area contributed by atoms with Crippen LogP contribution in [0.25, 0.3) is 0 Å². The molecule has 0 spiro atoms. The van der Waals surface area contributed by atoms with Gasteiger partial charge >= 0.3 is 0 Å². The van der Waals surface area contributed by atoms with E-state index < -0.39 is 11.2 Å². The molecule has 148 valence electrons. The van der Waals surface area contributed by atoms with Crippen LogP contribution in [0.4, 0.5) is 0 Å². The van der Waals surface area contributed by atoms with Gasteiger partial charge in [0.2, 0.25) is 0 Å². The number of hydrogen-bond acceptors (Lipinski definition) is 2. The molecule has 0 heterocycles. The van der Waals surface area contributed by atoms with E-state index in [1.165, 1.54) is 44.9 Å². The Bertz CT molecular complexity index is 331. The van der Waals surface area contributed by atoms with Crippen LogP contribution in [0.3, 0.4) is 0 Å². The summed E-state index contributed by atoms with van der Waals surface area (Å²) >= 11 is 0. The van der Waals surface area contributed by atoms with Crippen molar-refractivity contribution in [3.63, 3.8) is 0 Å². The largest absolute Gasteiger partial charge is 0.387 e. The van der Waals surface area contributed by atoms with E-state index in [0.717, 1.165) is 38.5 Å². The van der Waals surface area contributed by atoms with E-state index in [9.17, 15) is 10.2 Å². The first kappa shape index (κ1) is 24.4. The zero-order chi connectivity index (χ0) is 19.0. The van der Waals surface area contributed by atoms with E-state index in [-0.39, 0.29) is 0 Å². The lowest BCUT2D eigenvalue weighted by Gasteiger charge is -2.39. The van der Waals surface area contributed by atoms with Crippen molar-refractivity contribution in [3.8, 4) is 0 Å². The highest BCUT2D eigenvalue weighted by molar-refractivity contribution is 4.93. The topological polar surface area (TPSA) is 40.5 Å². The summed E-state index contributed by atoms with van der Waals surface area (Å²) in [7, 11) is 0. The van der Waals surface area contributed by atoms with Gasteiger partial charge in [0.1, 0.15) is 0 Å². The molecule has 0 aromatic rings. The first-order valence-electron chi connectivity index (χ1n) is 10.5. The maximum absolute atomic E-state index is 10.7. The summed E-state index contributed by atoms with van der Waals surface area (Å²) in [4.78, 5) is 0. The van der Waals surface area contributed by atoms with Crippen LogP contribution in [0.5, 0.6) is 0 Å². The molecule has 2 N–H and O–H groups in total. The molecule has 0 bridgehead atoms. The third kappa shape index (κ3) is 12.4. The highest BCUT2D eigenvalue weighted by Gasteiger charge is 2.40. The van der Waals surface area contributed by atoms with Gasteiger partial charge in [-0.3, -0.25) is 0 Å². The third-order valence-corrected chi connectivity index (χ3v) is 5.55. The highest BCUT2D eigenvalue weighted by Crippen LogP contribution is 2.32. The van der Waals surface area contributed by atoms with Gasteiger partial charge in [0, 0.05) is 0 Å². The minimum Gasteiger partial charge on any atom is -0.387 e. The van der Waals surface area contributed by atoms with Crippen LogP contribution in [0.15, 0.2) is 25.3 Å². The summed E-state index contributed by atoms with van der Waals surface area (Å²) in [5.74, 6) is 0. The lowest BCUT2D eigenvalue weighted by Crippen LogP contribution is -2.49. The molecule has 0 aliphatic carbocycles. The Morgan fingerprint density at radius 2 is 0.840 bits per heavy atom. The van der Waals surface area contributed by atoms with E-state index in [1.807, 2.05) is 12.2 Å². The third-order valence-electron chi connectivity index (χ3n) is 5.55. The Hall–Kier alpha value is -0.600. The van der Waals surface area contributed by atoms with Gasteiger partial charge in [-0.15, -0.1) is 13.2 Å². The van der Waals surface area contributed by atoms with Gasteiger partial charge in [-0.05, 0) is 52.4 Å². The van der Waals surface area contributed by atoms with E-state index in [0.29, 0.717) is 12.8 Å². The van der Waals surface area contributed by atoms with Crippen molar-refractivity contribution in [2.75, 3.05) is 0 Å². The monoisotopic (exact) mass is 352 g/mol. The van der Waals surface area contributed by atoms with Gasteiger partial charge in [-0.2, -0.15) is 0 Å². The fourth-order valence-corrected chi connectivity index (χ4v) is 3.29. The molecular weight excluding hydrogens is 308 g/mol. The van der Waals surface area contributed by atoms with Crippen LogP contribution >= 0.6 is 0 Å². The van der Waals surface area contributed by atoms with Crippen molar-refractivity contribution in [1.82, 2.24) is 0 Å². The van der Waals surface area contributed by atoms with Crippen molar-refractivity contribution < 1.29 is 10.2 Å². The SMILES string of the molecule is C=CCCCCCCCCC[C@](C)(O)[C@@](C)(O)CCCCCCC=C. The summed E-state index contributed by atoms with van der Waals surface area (Å²) in [6, 6.07) is 0. The fourth-order valence-electron chi connectivity index (χ4n) is 3.29. The van der Waals surface area contributed by atoms with Gasteiger partial charge in [0.15, 0.2) is 0 Å². The number of hydrogen-bond donors (Lipinski definition) is 2. The molecule has 0 aliphatic rings. The van der Waals surface area contributed by atoms with Gasteiger partial charge < -0.3 is 10.2 Å². The Balaban J connectivity index is 3.80. The Morgan fingerprint density at radius 1 is 0.560 bits per heavy atom. The van der Waals surface area contributed by atoms with E-state index in [2.05, 4.69) is 13.2 Å². The quantitative estimate of drug-likeness (QED) is 0.212. The number of unbranched alkanes of at least 4 members (excludes halogenated alkanes) is 11. The zero-order valence-electron chi connectivity index (χ0n) is 17.1. The van der Waals surface area contributed by atoms with Crippen molar-refractivity contribution in [2.24, 2.45) is 0 Å². The molecule has 2 nitrogen and oxygen atoms in total. The second kappa shape index (κ2) is 14.6. The molecule has 0 unspecified atom stereocenters. The van der Waals surface area contributed by atoms with Crippen molar-refractivity contribution >= 4 is 0 Å². The molecule has 0 aliphatic heterocycles. The molecule has 0 amide bonds. The maximum atomic E-state index is 10.7. The average Bonchev–Trinajstić information content (AvgIpc) is 2.56. The van der Waals surface area contributed by atoms with E-state index >= 15 is 0 Å². The minimum atomic E-state index is -0.990. The fraction of sp³-hybridized carbons (Fsp3) is 0.826. The molecule has 25 heavy (non-hydrogen) atoms. The van der Waals surface area contributed by atoms with Crippen LogP contribution in [-0.2, 0) is 0 Å². The molecule has 0 saturated heterocycles. The molecule has 0 aromatic heterocycles. The van der Waals surface area contributed by atoms with Gasteiger partial charge in [-0.25, -0.2) is 0 Å². The highest BCUT2D eigenvalue weighted by atomic mass is 16.4. The van der Waals surface area contributed by atoms with Crippen LogP contribution in [0, 0.1) is 0 Å². The molecule has 0 fully saturated rings. The van der Waals surface area contributed by atoms with Crippen LogP contribution < -0.4 is 0 Å². The molecule has 0 radical (unpaired) electrons. The zero-order valence-corrected chi connectivity index (χ0v) is 17.1. The Kier molecular flexibility index (Phi) is 14.2. The first-order chi connectivity index (χ1) is 11.9. The summed E-state index contributed by atoms with van der Waals surface area (Å²) in [5.41, 5.74) is -1.98. The molecule has 0 rings (SSSR count). The second-order valence-electron chi connectivity index (χ2n) is 8.09. The van der Waals surface area contributed by atoms with Crippen molar-refractivity contribution in [3.05, 3.63) is 25.3 Å². The molecule has 2 heteroatoms. The van der Waals surface area contributed by atoms with Crippen LogP contribution in [0.2, 0.25) is 0 Å². The maximum Gasteiger partial charge on any atom is 0.0902 e. The molecule has 0 saturated carbocycles. The summed E-state index contributed by atoms with van der Waals surface area (Å²) in [6.07, 6.45) is 20.5. The number of rotatable bonds is 18. The van der Waals surface area contributed by atoms with E-state index in [1.54, 1.807) is 13.8 Å². The van der Waals surface area contributed by atoms with Crippen molar-refractivity contribution in [2.45, 2.75) is 121 Å². The lowest BCUT2D eigenvalue weighted by atomic mass is 9.78. The lowest BCUT2D eigenvalue weighted by molar-refractivity contribution is -0.140. The van der Waals surface area contributed by atoms with Gasteiger partial charge in [-0.1, -0.05) is 69.9 Å². The van der Waals surface area contributed by atoms with Gasteiger partial charge in [0.25, 0.3) is 0 Å². The normalized spacial score (nSPS) is 16.2. The molecular formula is C23H44O2. The predicted molar refractivity (Wildman–Crippen MR) is 111 cm³/mol. The van der Waals surface area contributed by atoms with Gasteiger partial charge in [0.05, 0.1) is 11.2 Å². The van der Waals surface area contributed by atoms with E-state index in [4.69, 9.17) is 0 Å².